The molecule has 0 bridgehead atoms. The largest absolute Gasteiger partial charge is 0.289 e. The van der Waals surface area contributed by atoms with Gasteiger partial charge in [-0.1, -0.05) is 18.8 Å². The molecule has 0 unspecified atom stereocenters. The first-order valence-electron chi connectivity index (χ1n) is 5.55. The standard InChI is InChI=1S/C12H19N/c1-2-3-9-13-10-8-11-6-4-5-7-12(11)13/h11-12H,4-10H2,1H3/t11-,12-/m1/s1. The van der Waals surface area contributed by atoms with E-state index in [4.69, 9.17) is 0 Å². The third-order valence-electron chi connectivity index (χ3n) is 3.58. The Morgan fingerprint density at radius 1 is 1.23 bits per heavy atom. The topological polar surface area (TPSA) is 3.24 Å². The van der Waals surface area contributed by atoms with Gasteiger partial charge >= 0.3 is 0 Å². The molecule has 0 aromatic heterocycles. The van der Waals surface area contributed by atoms with Gasteiger partial charge in [0.2, 0.25) is 0 Å². The summed E-state index contributed by atoms with van der Waals surface area (Å²) in [7, 11) is 0. The fraction of sp³-hybridized carbons (Fsp3) is 0.833. The minimum Gasteiger partial charge on any atom is -0.289 e. The summed E-state index contributed by atoms with van der Waals surface area (Å²) in [6.07, 6.45) is 7.23. The SMILES string of the molecule is CC#CCN1CC[C@H]2CCCC[C@H]21. The summed E-state index contributed by atoms with van der Waals surface area (Å²) in [5.41, 5.74) is 0. The van der Waals surface area contributed by atoms with Crippen molar-refractivity contribution in [2.75, 3.05) is 13.1 Å². The van der Waals surface area contributed by atoms with Crippen LogP contribution in [0.25, 0.3) is 0 Å². The van der Waals surface area contributed by atoms with Gasteiger partial charge in [0.05, 0.1) is 6.54 Å². The van der Waals surface area contributed by atoms with E-state index in [9.17, 15) is 0 Å². The molecule has 1 heterocycles. The van der Waals surface area contributed by atoms with Crippen LogP contribution in [-0.2, 0) is 0 Å². The molecule has 1 nitrogen and oxygen atoms in total. The molecule has 0 aromatic rings. The van der Waals surface area contributed by atoms with Gasteiger partial charge in [0.1, 0.15) is 0 Å². The van der Waals surface area contributed by atoms with Gasteiger partial charge in [0.15, 0.2) is 0 Å². The molecule has 0 aromatic carbocycles. The van der Waals surface area contributed by atoms with Crippen LogP contribution >= 0.6 is 0 Å². The van der Waals surface area contributed by atoms with Gasteiger partial charge in [0, 0.05) is 6.04 Å². The second-order valence-corrected chi connectivity index (χ2v) is 4.30. The van der Waals surface area contributed by atoms with Crippen molar-refractivity contribution in [1.82, 2.24) is 4.90 Å². The van der Waals surface area contributed by atoms with Crippen LogP contribution in [0.5, 0.6) is 0 Å². The van der Waals surface area contributed by atoms with Crippen LogP contribution in [0, 0.1) is 17.8 Å². The summed E-state index contributed by atoms with van der Waals surface area (Å²) in [6.45, 7) is 4.25. The third-order valence-corrected chi connectivity index (χ3v) is 3.58. The van der Waals surface area contributed by atoms with E-state index in [1.54, 1.807) is 0 Å². The lowest BCUT2D eigenvalue weighted by atomic mass is 9.85. The molecule has 0 amide bonds. The van der Waals surface area contributed by atoms with Crippen molar-refractivity contribution < 1.29 is 0 Å². The highest BCUT2D eigenvalue weighted by molar-refractivity contribution is 5.01. The summed E-state index contributed by atoms with van der Waals surface area (Å²) in [4.78, 5) is 2.60. The molecule has 1 aliphatic heterocycles. The number of nitrogens with zero attached hydrogens (tertiary/aromatic N) is 1. The van der Waals surface area contributed by atoms with E-state index >= 15 is 0 Å². The second kappa shape index (κ2) is 4.15. The summed E-state index contributed by atoms with van der Waals surface area (Å²) < 4.78 is 0. The Balaban J connectivity index is 1.93. The van der Waals surface area contributed by atoms with Crippen molar-refractivity contribution in [2.45, 2.75) is 45.1 Å². The van der Waals surface area contributed by atoms with Crippen molar-refractivity contribution in [3.8, 4) is 11.8 Å². The molecule has 0 N–H and O–H groups in total. The summed E-state index contributed by atoms with van der Waals surface area (Å²) in [6, 6.07) is 0.884. The van der Waals surface area contributed by atoms with Gasteiger partial charge < -0.3 is 0 Å². The summed E-state index contributed by atoms with van der Waals surface area (Å²) in [5, 5.41) is 0. The molecule has 72 valence electrons. The Bertz CT molecular complexity index is 223. The van der Waals surface area contributed by atoms with Gasteiger partial charge in [0.25, 0.3) is 0 Å². The average Bonchev–Trinajstić information content (AvgIpc) is 2.58. The van der Waals surface area contributed by atoms with E-state index in [1.165, 1.54) is 38.6 Å². The van der Waals surface area contributed by atoms with Crippen molar-refractivity contribution in [1.29, 1.82) is 0 Å². The van der Waals surface area contributed by atoms with Gasteiger partial charge in [-0.3, -0.25) is 4.90 Å². The molecule has 2 fully saturated rings. The van der Waals surface area contributed by atoms with E-state index in [2.05, 4.69) is 16.7 Å². The number of rotatable bonds is 1. The lowest BCUT2D eigenvalue weighted by Crippen LogP contribution is -2.34. The van der Waals surface area contributed by atoms with Crippen LogP contribution in [0.3, 0.4) is 0 Å². The van der Waals surface area contributed by atoms with Gasteiger partial charge in [-0.25, -0.2) is 0 Å². The maximum absolute atomic E-state index is 3.20. The molecule has 1 aliphatic carbocycles. The molecule has 13 heavy (non-hydrogen) atoms. The summed E-state index contributed by atoms with van der Waals surface area (Å²) in [5.74, 6) is 7.20. The minimum atomic E-state index is 0.884. The molecule has 2 atom stereocenters. The maximum Gasteiger partial charge on any atom is 0.0603 e. The zero-order valence-electron chi connectivity index (χ0n) is 8.55. The van der Waals surface area contributed by atoms with Gasteiger partial charge in [-0.15, -0.1) is 5.92 Å². The molecule has 1 saturated carbocycles. The highest BCUT2D eigenvalue weighted by atomic mass is 15.2. The lowest BCUT2D eigenvalue weighted by Gasteiger charge is -2.30. The zero-order valence-corrected chi connectivity index (χ0v) is 8.55. The maximum atomic E-state index is 3.20. The van der Waals surface area contributed by atoms with E-state index in [0.29, 0.717) is 0 Å². The smallest absolute Gasteiger partial charge is 0.0603 e. The van der Waals surface area contributed by atoms with Gasteiger partial charge in [-0.05, 0) is 38.6 Å². The lowest BCUT2D eigenvalue weighted by molar-refractivity contribution is 0.200. The van der Waals surface area contributed by atoms with Crippen LogP contribution in [-0.4, -0.2) is 24.0 Å². The molecule has 2 aliphatic rings. The highest BCUT2D eigenvalue weighted by Crippen LogP contribution is 2.35. The first-order chi connectivity index (χ1) is 6.42. The van der Waals surface area contributed by atoms with E-state index in [1.807, 2.05) is 6.92 Å². The van der Waals surface area contributed by atoms with Crippen LogP contribution in [0.1, 0.15) is 39.0 Å². The highest BCUT2D eigenvalue weighted by Gasteiger charge is 2.34. The van der Waals surface area contributed by atoms with Crippen molar-refractivity contribution in [3.05, 3.63) is 0 Å². The monoisotopic (exact) mass is 177 g/mol. The second-order valence-electron chi connectivity index (χ2n) is 4.30. The molecule has 1 saturated heterocycles. The quantitative estimate of drug-likeness (QED) is 0.555. The number of fused-ring (bicyclic) bond motifs is 1. The van der Waals surface area contributed by atoms with Gasteiger partial charge in [-0.2, -0.15) is 0 Å². The van der Waals surface area contributed by atoms with Crippen LogP contribution in [0.2, 0.25) is 0 Å². The van der Waals surface area contributed by atoms with Crippen molar-refractivity contribution in [2.24, 2.45) is 5.92 Å². The first-order valence-corrected chi connectivity index (χ1v) is 5.55. The molecule has 2 rings (SSSR count). The predicted octanol–water partition coefficient (Wildman–Crippen LogP) is 2.27. The Labute approximate surface area is 81.5 Å². The summed E-state index contributed by atoms with van der Waals surface area (Å²) >= 11 is 0. The van der Waals surface area contributed by atoms with Crippen LogP contribution < -0.4 is 0 Å². The van der Waals surface area contributed by atoms with Crippen LogP contribution in [0.15, 0.2) is 0 Å². The Morgan fingerprint density at radius 2 is 2.08 bits per heavy atom. The molecule has 0 radical (unpaired) electrons. The fourth-order valence-corrected chi connectivity index (χ4v) is 2.88. The van der Waals surface area contributed by atoms with E-state index < -0.39 is 0 Å². The molecular weight excluding hydrogens is 158 g/mol. The fourth-order valence-electron chi connectivity index (χ4n) is 2.88. The third kappa shape index (κ3) is 1.89. The normalized spacial score (nSPS) is 33.6. The molecule has 1 heteroatoms. The van der Waals surface area contributed by atoms with E-state index in [-0.39, 0.29) is 0 Å². The number of hydrogen-bond acceptors (Lipinski definition) is 1. The average molecular weight is 177 g/mol. The van der Waals surface area contributed by atoms with Crippen molar-refractivity contribution >= 4 is 0 Å². The van der Waals surface area contributed by atoms with Crippen molar-refractivity contribution in [3.63, 3.8) is 0 Å². The Kier molecular flexibility index (Phi) is 2.90. The Hall–Kier alpha value is -0.480. The van der Waals surface area contributed by atoms with E-state index in [0.717, 1.165) is 18.5 Å². The molecular formula is C12H19N. The van der Waals surface area contributed by atoms with Crippen LogP contribution in [0.4, 0.5) is 0 Å². The number of hydrogen-bond donors (Lipinski definition) is 0. The number of likely N-dealkylation sites (tertiary alicyclic amines) is 1. The zero-order chi connectivity index (χ0) is 9.10. The predicted molar refractivity (Wildman–Crippen MR) is 55.4 cm³/mol. The Morgan fingerprint density at radius 3 is 2.92 bits per heavy atom. The molecule has 0 spiro atoms. The first kappa shape index (κ1) is 9.09. The minimum absolute atomic E-state index is 0.884.